The van der Waals surface area contributed by atoms with E-state index in [1.165, 1.54) is 12.3 Å². The molecule has 0 aliphatic heterocycles. The standard InChI is InChI=1S/C15H16N2O4S/c1-9-4-10(2)14(11(3)5-9)22(20,21)17-13-6-12(15(18)19)7-16-8-13/h4-8,17H,1-3H3,(H,18,19). The molecular weight excluding hydrogens is 304 g/mol. The van der Waals surface area contributed by atoms with E-state index in [1.54, 1.807) is 26.0 Å². The molecule has 0 aliphatic carbocycles. The highest BCUT2D eigenvalue weighted by molar-refractivity contribution is 7.92. The molecule has 2 rings (SSSR count). The first-order valence-electron chi connectivity index (χ1n) is 6.50. The van der Waals surface area contributed by atoms with Gasteiger partial charge in [-0.2, -0.15) is 0 Å². The van der Waals surface area contributed by atoms with Crippen molar-refractivity contribution in [2.24, 2.45) is 0 Å². The molecule has 0 bridgehead atoms. The highest BCUT2D eigenvalue weighted by Gasteiger charge is 2.20. The number of sulfonamides is 1. The van der Waals surface area contributed by atoms with Crippen molar-refractivity contribution < 1.29 is 18.3 Å². The summed E-state index contributed by atoms with van der Waals surface area (Å²) >= 11 is 0. The average molecular weight is 320 g/mol. The third-order valence-corrected chi connectivity index (χ3v) is 4.80. The van der Waals surface area contributed by atoms with Crippen LogP contribution in [0, 0.1) is 20.8 Å². The minimum Gasteiger partial charge on any atom is -0.478 e. The van der Waals surface area contributed by atoms with Crippen molar-refractivity contribution in [1.29, 1.82) is 0 Å². The molecule has 6 nitrogen and oxygen atoms in total. The summed E-state index contributed by atoms with van der Waals surface area (Å²) in [6.07, 6.45) is 2.42. The summed E-state index contributed by atoms with van der Waals surface area (Å²) in [5, 5.41) is 8.93. The number of rotatable bonds is 4. The summed E-state index contributed by atoms with van der Waals surface area (Å²) < 4.78 is 27.5. The van der Waals surface area contributed by atoms with Gasteiger partial charge in [0.15, 0.2) is 0 Å². The molecule has 0 amide bonds. The number of anilines is 1. The Morgan fingerprint density at radius 1 is 1.09 bits per heavy atom. The lowest BCUT2D eigenvalue weighted by atomic mass is 10.1. The zero-order valence-corrected chi connectivity index (χ0v) is 13.2. The van der Waals surface area contributed by atoms with Crippen LogP contribution in [0.15, 0.2) is 35.5 Å². The number of carboxylic acid groups (broad SMARTS) is 1. The van der Waals surface area contributed by atoms with Gasteiger partial charge in [0.25, 0.3) is 10.0 Å². The van der Waals surface area contributed by atoms with Crippen molar-refractivity contribution in [3.05, 3.63) is 52.8 Å². The number of aryl methyl sites for hydroxylation is 3. The number of hydrogen-bond donors (Lipinski definition) is 2. The predicted molar refractivity (Wildman–Crippen MR) is 82.7 cm³/mol. The summed E-state index contributed by atoms with van der Waals surface area (Å²) in [5.74, 6) is -1.17. The van der Waals surface area contributed by atoms with E-state index < -0.39 is 16.0 Å². The average Bonchev–Trinajstić information content (AvgIpc) is 2.36. The summed E-state index contributed by atoms with van der Waals surface area (Å²) in [7, 11) is -3.82. The number of hydrogen-bond acceptors (Lipinski definition) is 4. The Kier molecular flexibility index (Phi) is 4.18. The fourth-order valence-electron chi connectivity index (χ4n) is 2.41. The molecular formula is C15H16N2O4S. The Morgan fingerprint density at radius 3 is 2.23 bits per heavy atom. The second-order valence-electron chi connectivity index (χ2n) is 5.10. The second kappa shape index (κ2) is 5.76. The van der Waals surface area contributed by atoms with E-state index in [2.05, 4.69) is 9.71 Å². The largest absolute Gasteiger partial charge is 0.478 e. The van der Waals surface area contributed by atoms with Crippen LogP contribution in [0.25, 0.3) is 0 Å². The summed E-state index contributed by atoms with van der Waals surface area (Å²) in [5.41, 5.74) is 2.26. The minimum atomic E-state index is -3.82. The van der Waals surface area contributed by atoms with Gasteiger partial charge in [-0.05, 0) is 38.0 Å². The summed E-state index contributed by atoms with van der Waals surface area (Å²) in [4.78, 5) is 14.8. The normalized spacial score (nSPS) is 11.2. The van der Waals surface area contributed by atoms with Gasteiger partial charge in [-0.25, -0.2) is 13.2 Å². The molecule has 2 aromatic rings. The summed E-state index contributed by atoms with van der Waals surface area (Å²) in [6, 6.07) is 4.80. The molecule has 0 atom stereocenters. The van der Waals surface area contributed by atoms with Gasteiger partial charge < -0.3 is 5.11 Å². The van der Waals surface area contributed by atoms with Gasteiger partial charge in [0, 0.05) is 6.20 Å². The Hall–Kier alpha value is -2.41. The van der Waals surface area contributed by atoms with E-state index >= 15 is 0 Å². The third-order valence-electron chi connectivity index (χ3n) is 3.11. The van der Waals surface area contributed by atoms with Crippen LogP contribution in [0.3, 0.4) is 0 Å². The van der Waals surface area contributed by atoms with Gasteiger partial charge in [-0.3, -0.25) is 9.71 Å². The van der Waals surface area contributed by atoms with Crippen LogP contribution in [0.1, 0.15) is 27.0 Å². The maximum atomic E-state index is 12.5. The molecule has 1 aromatic heterocycles. The molecule has 0 unspecified atom stereocenters. The van der Waals surface area contributed by atoms with Crippen molar-refractivity contribution in [1.82, 2.24) is 4.98 Å². The predicted octanol–water partition coefficient (Wildman–Crippen LogP) is 2.51. The maximum Gasteiger partial charge on any atom is 0.337 e. The molecule has 0 radical (unpaired) electrons. The van der Waals surface area contributed by atoms with Crippen molar-refractivity contribution in [2.45, 2.75) is 25.7 Å². The van der Waals surface area contributed by atoms with E-state index in [0.29, 0.717) is 11.1 Å². The number of aromatic nitrogens is 1. The Balaban J connectivity index is 2.45. The van der Waals surface area contributed by atoms with Crippen LogP contribution in [0.4, 0.5) is 5.69 Å². The molecule has 0 aliphatic rings. The van der Waals surface area contributed by atoms with E-state index in [4.69, 9.17) is 5.11 Å². The first-order valence-corrected chi connectivity index (χ1v) is 7.98. The lowest BCUT2D eigenvalue weighted by molar-refractivity contribution is 0.0696. The van der Waals surface area contributed by atoms with Crippen LogP contribution in [0.2, 0.25) is 0 Å². The Labute approximate surface area is 128 Å². The molecule has 7 heteroatoms. The number of nitrogens with one attached hydrogen (secondary N) is 1. The number of nitrogens with zero attached hydrogens (tertiary/aromatic N) is 1. The van der Waals surface area contributed by atoms with E-state index in [-0.39, 0.29) is 16.1 Å². The number of carbonyl (C=O) groups is 1. The third kappa shape index (κ3) is 3.25. The van der Waals surface area contributed by atoms with E-state index in [9.17, 15) is 13.2 Å². The molecule has 2 N–H and O–H groups in total. The van der Waals surface area contributed by atoms with Crippen molar-refractivity contribution in [3.63, 3.8) is 0 Å². The second-order valence-corrected chi connectivity index (χ2v) is 6.72. The van der Waals surface area contributed by atoms with Crippen LogP contribution < -0.4 is 4.72 Å². The lowest BCUT2D eigenvalue weighted by Crippen LogP contribution is -2.16. The number of pyridine rings is 1. The lowest BCUT2D eigenvalue weighted by Gasteiger charge is -2.14. The van der Waals surface area contributed by atoms with Gasteiger partial charge in [-0.15, -0.1) is 0 Å². The van der Waals surface area contributed by atoms with Crippen LogP contribution in [-0.2, 0) is 10.0 Å². The monoisotopic (exact) mass is 320 g/mol. The molecule has 0 fully saturated rings. The maximum absolute atomic E-state index is 12.5. The Morgan fingerprint density at radius 2 is 1.68 bits per heavy atom. The van der Waals surface area contributed by atoms with Gasteiger partial charge in [0.2, 0.25) is 0 Å². The van der Waals surface area contributed by atoms with Crippen molar-refractivity contribution in [2.75, 3.05) is 4.72 Å². The van der Waals surface area contributed by atoms with Crippen LogP contribution >= 0.6 is 0 Å². The fraction of sp³-hybridized carbons (Fsp3) is 0.200. The van der Waals surface area contributed by atoms with Gasteiger partial charge >= 0.3 is 5.97 Å². The van der Waals surface area contributed by atoms with Crippen LogP contribution in [-0.4, -0.2) is 24.5 Å². The number of carboxylic acids is 1. The molecule has 0 saturated heterocycles. The van der Waals surface area contributed by atoms with Gasteiger partial charge in [0.05, 0.1) is 22.3 Å². The van der Waals surface area contributed by atoms with Crippen molar-refractivity contribution >= 4 is 21.7 Å². The molecule has 1 aromatic carbocycles. The topological polar surface area (TPSA) is 96.4 Å². The highest BCUT2D eigenvalue weighted by Crippen LogP contribution is 2.24. The highest BCUT2D eigenvalue weighted by atomic mass is 32.2. The van der Waals surface area contributed by atoms with E-state index in [0.717, 1.165) is 11.8 Å². The van der Waals surface area contributed by atoms with Gasteiger partial charge in [-0.1, -0.05) is 17.7 Å². The molecule has 1 heterocycles. The minimum absolute atomic E-state index is 0.0856. The van der Waals surface area contributed by atoms with Crippen molar-refractivity contribution in [3.8, 4) is 0 Å². The quantitative estimate of drug-likeness (QED) is 0.902. The number of aromatic carboxylic acids is 1. The smallest absolute Gasteiger partial charge is 0.337 e. The number of benzene rings is 1. The fourth-order valence-corrected chi connectivity index (χ4v) is 3.90. The molecule has 0 saturated carbocycles. The Bertz CT molecular complexity index is 821. The van der Waals surface area contributed by atoms with Gasteiger partial charge in [0.1, 0.15) is 0 Å². The summed E-state index contributed by atoms with van der Waals surface area (Å²) in [6.45, 7) is 5.34. The van der Waals surface area contributed by atoms with Crippen LogP contribution in [0.5, 0.6) is 0 Å². The zero-order valence-electron chi connectivity index (χ0n) is 12.4. The zero-order chi connectivity index (χ0) is 16.5. The van der Waals surface area contributed by atoms with E-state index in [1.807, 2.05) is 6.92 Å². The SMILES string of the molecule is Cc1cc(C)c(S(=O)(=O)Nc2cncc(C(=O)O)c2)c(C)c1. The molecule has 0 spiro atoms. The first-order chi connectivity index (χ1) is 10.2. The molecule has 22 heavy (non-hydrogen) atoms. The molecule has 116 valence electrons. The first kappa shape index (κ1) is 16.0.